The normalized spacial score (nSPS) is 10.6. The van der Waals surface area contributed by atoms with Crippen molar-refractivity contribution >= 4 is 17.0 Å². The molecule has 0 unspecified atom stereocenters. The van der Waals surface area contributed by atoms with E-state index in [0.29, 0.717) is 0 Å². The molecule has 0 aliphatic carbocycles. The number of thiazole rings is 1. The number of hydrogen-bond acceptors (Lipinski definition) is 4. The fourth-order valence-corrected chi connectivity index (χ4v) is 2.90. The minimum Gasteiger partial charge on any atom is -0.491 e. The third-order valence-corrected chi connectivity index (χ3v) is 4.11. The zero-order valence-electron chi connectivity index (χ0n) is 12.6. The van der Waals surface area contributed by atoms with Crippen molar-refractivity contribution in [1.82, 2.24) is 4.98 Å². The molecule has 1 heterocycles. The highest BCUT2D eigenvalue weighted by atomic mass is 32.1. The van der Waals surface area contributed by atoms with Crippen LogP contribution in [0.15, 0.2) is 18.2 Å². The van der Waals surface area contributed by atoms with E-state index in [-0.39, 0.29) is 0 Å². The zero-order chi connectivity index (χ0) is 14.5. The van der Waals surface area contributed by atoms with Gasteiger partial charge in [0.2, 0.25) is 0 Å². The van der Waals surface area contributed by atoms with E-state index in [1.165, 1.54) is 10.4 Å². The van der Waals surface area contributed by atoms with Gasteiger partial charge in [-0.15, -0.1) is 11.3 Å². The SMILES string of the molecule is CCCOc1cc(C)ccc1NCc1sc(C)nc1C. The van der Waals surface area contributed by atoms with Crippen LogP contribution < -0.4 is 10.1 Å². The molecule has 20 heavy (non-hydrogen) atoms. The number of nitrogens with one attached hydrogen (secondary N) is 1. The molecule has 0 aliphatic rings. The van der Waals surface area contributed by atoms with Gasteiger partial charge in [-0.2, -0.15) is 0 Å². The summed E-state index contributed by atoms with van der Waals surface area (Å²) in [4.78, 5) is 5.74. The molecule has 0 fully saturated rings. The lowest BCUT2D eigenvalue weighted by molar-refractivity contribution is 0.318. The Morgan fingerprint density at radius 1 is 1.25 bits per heavy atom. The molecule has 1 N–H and O–H groups in total. The summed E-state index contributed by atoms with van der Waals surface area (Å²) in [7, 11) is 0. The molecule has 0 bridgehead atoms. The fourth-order valence-electron chi connectivity index (χ4n) is 2.02. The molecular weight excluding hydrogens is 268 g/mol. The van der Waals surface area contributed by atoms with Crippen molar-refractivity contribution in [2.24, 2.45) is 0 Å². The number of nitrogens with zero attached hydrogens (tertiary/aromatic N) is 1. The quantitative estimate of drug-likeness (QED) is 0.852. The monoisotopic (exact) mass is 290 g/mol. The van der Waals surface area contributed by atoms with Crippen LogP contribution in [0.25, 0.3) is 0 Å². The van der Waals surface area contributed by atoms with Crippen molar-refractivity contribution in [3.05, 3.63) is 39.3 Å². The predicted octanol–water partition coefficient (Wildman–Crippen LogP) is 4.47. The van der Waals surface area contributed by atoms with E-state index < -0.39 is 0 Å². The Morgan fingerprint density at radius 3 is 2.70 bits per heavy atom. The molecule has 1 aromatic heterocycles. The minimum atomic E-state index is 0.747. The van der Waals surface area contributed by atoms with E-state index in [1.54, 1.807) is 11.3 Å². The molecule has 4 heteroatoms. The number of hydrogen-bond donors (Lipinski definition) is 1. The summed E-state index contributed by atoms with van der Waals surface area (Å²) < 4.78 is 5.82. The van der Waals surface area contributed by atoms with Gasteiger partial charge in [-0.3, -0.25) is 0 Å². The van der Waals surface area contributed by atoms with Crippen molar-refractivity contribution in [3.8, 4) is 5.75 Å². The van der Waals surface area contributed by atoms with Crippen LogP contribution in [0.1, 0.15) is 34.5 Å². The molecule has 3 nitrogen and oxygen atoms in total. The van der Waals surface area contributed by atoms with Crippen molar-refractivity contribution in [1.29, 1.82) is 0 Å². The predicted molar refractivity (Wildman–Crippen MR) is 85.9 cm³/mol. The average Bonchev–Trinajstić information content (AvgIpc) is 2.73. The summed E-state index contributed by atoms with van der Waals surface area (Å²) in [6.45, 7) is 9.85. The Labute approximate surface area is 125 Å². The summed E-state index contributed by atoms with van der Waals surface area (Å²) in [5.74, 6) is 0.936. The van der Waals surface area contributed by atoms with Crippen molar-refractivity contribution in [3.63, 3.8) is 0 Å². The maximum atomic E-state index is 5.82. The maximum absolute atomic E-state index is 5.82. The molecule has 2 aromatic rings. The average molecular weight is 290 g/mol. The summed E-state index contributed by atoms with van der Waals surface area (Å²) in [6, 6.07) is 6.28. The molecular formula is C16H22N2OS. The lowest BCUT2D eigenvalue weighted by Crippen LogP contribution is -2.03. The Morgan fingerprint density at radius 2 is 2.05 bits per heavy atom. The second kappa shape index (κ2) is 6.75. The summed E-state index contributed by atoms with van der Waals surface area (Å²) in [5, 5.41) is 4.58. The van der Waals surface area contributed by atoms with Gasteiger partial charge in [0.05, 0.1) is 29.5 Å². The third kappa shape index (κ3) is 3.73. The van der Waals surface area contributed by atoms with Crippen LogP contribution in [0, 0.1) is 20.8 Å². The number of ether oxygens (including phenoxy) is 1. The van der Waals surface area contributed by atoms with Gasteiger partial charge in [-0.1, -0.05) is 13.0 Å². The van der Waals surface area contributed by atoms with Crippen LogP contribution in [0.5, 0.6) is 5.75 Å². The molecule has 0 saturated carbocycles. The van der Waals surface area contributed by atoms with E-state index in [4.69, 9.17) is 4.74 Å². The van der Waals surface area contributed by atoms with Gasteiger partial charge in [0.1, 0.15) is 5.75 Å². The molecule has 2 rings (SSSR count). The Balaban J connectivity index is 2.10. The van der Waals surface area contributed by atoms with Gasteiger partial charge in [0.15, 0.2) is 0 Å². The second-order valence-corrected chi connectivity index (χ2v) is 6.23. The minimum absolute atomic E-state index is 0.747. The number of anilines is 1. The van der Waals surface area contributed by atoms with E-state index in [1.807, 2.05) is 6.92 Å². The lowest BCUT2D eigenvalue weighted by Gasteiger charge is -2.13. The fraction of sp³-hybridized carbons (Fsp3) is 0.438. The summed E-state index contributed by atoms with van der Waals surface area (Å²) in [6.07, 6.45) is 1.01. The van der Waals surface area contributed by atoms with Crippen LogP contribution in [0.4, 0.5) is 5.69 Å². The Kier molecular flexibility index (Phi) is 5.01. The largest absolute Gasteiger partial charge is 0.491 e. The first-order valence-electron chi connectivity index (χ1n) is 7.00. The first-order chi connectivity index (χ1) is 9.60. The van der Waals surface area contributed by atoms with Gasteiger partial charge < -0.3 is 10.1 Å². The van der Waals surface area contributed by atoms with Gasteiger partial charge >= 0.3 is 0 Å². The van der Waals surface area contributed by atoms with Crippen LogP contribution in [0.2, 0.25) is 0 Å². The van der Waals surface area contributed by atoms with Crippen molar-refractivity contribution in [2.75, 3.05) is 11.9 Å². The van der Waals surface area contributed by atoms with Crippen LogP contribution >= 0.6 is 11.3 Å². The highest BCUT2D eigenvalue weighted by Gasteiger charge is 2.07. The Hall–Kier alpha value is -1.55. The van der Waals surface area contributed by atoms with Crippen LogP contribution in [-0.4, -0.2) is 11.6 Å². The molecule has 0 aliphatic heterocycles. The smallest absolute Gasteiger partial charge is 0.142 e. The highest BCUT2D eigenvalue weighted by Crippen LogP contribution is 2.27. The first kappa shape index (κ1) is 14.9. The Bertz CT molecular complexity index is 578. The molecule has 0 spiro atoms. The van der Waals surface area contributed by atoms with Gasteiger partial charge in [-0.25, -0.2) is 4.98 Å². The van der Waals surface area contributed by atoms with E-state index in [2.05, 4.69) is 49.3 Å². The first-order valence-corrected chi connectivity index (χ1v) is 7.82. The number of aromatic nitrogens is 1. The highest BCUT2D eigenvalue weighted by molar-refractivity contribution is 7.11. The summed E-state index contributed by atoms with van der Waals surface area (Å²) >= 11 is 1.75. The van der Waals surface area contributed by atoms with E-state index >= 15 is 0 Å². The standard InChI is InChI=1S/C16H22N2OS/c1-5-8-19-15-9-11(2)6-7-14(15)17-10-16-12(3)18-13(4)20-16/h6-7,9,17H,5,8,10H2,1-4H3. The molecule has 0 saturated heterocycles. The number of benzene rings is 1. The van der Waals surface area contributed by atoms with Crippen molar-refractivity contribution < 1.29 is 4.74 Å². The van der Waals surface area contributed by atoms with Crippen LogP contribution in [-0.2, 0) is 6.54 Å². The molecule has 108 valence electrons. The number of aryl methyl sites for hydroxylation is 3. The number of rotatable bonds is 6. The van der Waals surface area contributed by atoms with E-state index in [9.17, 15) is 0 Å². The van der Waals surface area contributed by atoms with Crippen LogP contribution in [0.3, 0.4) is 0 Å². The molecule has 0 radical (unpaired) electrons. The second-order valence-electron chi connectivity index (χ2n) is 4.94. The van der Waals surface area contributed by atoms with Gasteiger partial charge in [0, 0.05) is 4.88 Å². The lowest BCUT2D eigenvalue weighted by atomic mass is 10.2. The van der Waals surface area contributed by atoms with E-state index in [0.717, 1.165) is 41.7 Å². The topological polar surface area (TPSA) is 34.1 Å². The maximum Gasteiger partial charge on any atom is 0.142 e. The molecule has 1 aromatic carbocycles. The zero-order valence-corrected chi connectivity index (χ0v) is 13.4. The third-order valence-electron chi connectivity index (χ3n) is 3.04. The molecule has 0 atom stereocenters. The molecule has 0 amide bonds. The van der Waals surface area contributed by atoms with Gasteiger partial charge in [-0.05, 0) is 44.9 Å². The van der Waals surface area contributed by atoms with Crippen molar-refractivity contribution in [2.45, 2.75) is 40.7 Å². The van der Waals surface area contributed by atoms with Gasteiger partial charge in [0.25, 0.3) is 0 Å². The summed E-state index contributed by atoms with van der Waals surface area (Å²) in [5.41, 5.74) is 3.38.